The largest absolute Gasteiger partial charge is 0.325 e. The molecule has 26 heavy (non-hydrogen) atoms. The molecule has 1 atom stereocenters. The van der Waals surface area contributed by atoms with Crippen molar-refractivity contribution in [3.05, 3.63) is 75.3 Å². The van der Waals surface area contributed by atoms with Gasteiger partial charge in [-0.3, -0.25) is 19.8 Å². The Bertz CT molecular complexity index is 927. The molecule has 1 saturated heterocycles. The van der Waals surface area contributed by atoms with Crippen molar-refractivity contribution in [2.75, 3.05) is 0 Å². The van der Waals surface area contributed by atoms with Crippen LogP contribution in [0, 0.1) is 10.1 Å². The summed E-state index contributed by atoms with van der Waals surface area (Å²) < 4.78 is 0. The monoisotopic (exact) mass is 351 g/mol. The van der Waals surface area contributed by atoms with Crippen LogP contribution < -0.4 is 5.32 Å². The molecule has 0 aromatic heterocycles. The number of aryl methyl sites for hydroxylation is 1. The van der Waals surface area contributed by atoms with Gasteiger partial charge in [0.05, 0.1) is 11.5 Å². The number of amides is 3. The lowest BCUT2D eigenvalue weighted by Gasteiger charge is -2.33. The molecule has 1 aliphatic carbocycles. The molecule has 0 bridgehead atoms. The summed E-state index contributed by atoms with van der Waals surface area (Å²) in [6.07, 6.45) is 2.25. The zero-order valence-corrected chi connectivity index (χ0v) is 14.0. The average molecular weight is 351 g/mol. The number of fused-ring (bicyclic) bond motifs is 2. The zero-order chi connectivity index (χ0) is 18.3. The van der Waals surface area contributed by atoms with Crippen molar-refractivity contribution in [2.24, 2.45) is 0 Å². The summed E-state index contributed by atoms with van der Waals surface area (Å²) >= 11 is 0. The van der Waals surface area contributed by atoms with Crippen LogP contribution in [0.5, 0.6) is 0 Å². The molecule has 132 valence electrons. The van der Waals surface area contributed by atoms with Gasteiger partial charge in [-0.05, 0) is 36.0 Å². The molecule has 1 N–H and O–H groups in total. The van der Waals surface area contributed by atoms with E-state index < -0.39 is 16.5 Å². The fourth-order valence-corrected chi connectivity index (χ4v) is 3.91. The van der Waals surface area contributed by atoms with E-state index in [1.807, 2.05) is 24.3 Å². The molecule has 0 saturated carbocycles. The van der Waals surface area contributed by atoms with Crippen LogP contribution in [0.4, 0.5) is 10.5 Å². The number of hydrogen-bond acceptors (Lipinski definition) is 4. The van der Waals surface area contributed by atoms with Crippen LogP contribution in [0.25, 0.3) is 0 Å². The van der Waals surface area contributed by atoms with Crippen LogP contribution in [-0.4, -0.2) is 21.8 Å². The van der Waals surface area contributed by atoms with Crippen LogP contribution in [-0.2, 0) is 23.3 Å². The van der Waals surface area contributed by atoms with Crippen LogP contribution >= 0.6 is 0 Å². The molecule has 7 heteroatoms. The number of nitrogens with zero attached hydrogens (tertiary/aromatic N) is 2. The van der Waals surface area contributed by atoms with Crippen LogP contribution in [0.3, 0.4) is 0 Å². The molecule has 2 aliphatic rings. The minimum Gasteiger partial charge on any atom is -0.319 e. The quantitative estimate of drug-likeness (QED) is 0.523. The molecule has 7 nitrogen and oxygen atoms in total. The number of urea groups is 1. The van der Waals surface area contributed by atoms with Gasteiger partial charge >= 0.3 is 6.03 Å². The van der Waals surface area contributed by atoms with E-state index in [1.54, 1.807) is 12.1 Å². The lowest BCUT2D eigenvalue weighted by molar-refractivity contribution is -0.384. The van der Waals surface area contributed by atoms with Crippen LogP contribution in [0.15, 0.2) is 48.5 Å². The van der Waals surface area contributed by atoms with Gasteiger partial charge in [-0.1, -0.05) is 36.4 Å². The molecule has 2 aromatic carbocycles. The Balaban J connectivity index is 1.67. The number of nitrogens with one attached hydrogen (secondary N) is 1. The second-order valence-electron chi connectivity index (χ2n) is 6.66. The van der Waals surface area contributed by atoms with Crippen molar-refractivity contribution in [1.29, 1.82) is 0 Å². The van der Waals surface area contributed by atoms with Crippen molar-refractivity contribution in [3.63, 3.8) is 0 Å². The number of hydrogen-bond donors (Lipinski definition) is 1. The molecule has 2 aromatic rings. The minimum absolute atomic E-state index is 0.0102. The molecule has 1 fully saturated rings. The fraction of sp³-hybridized carbons (Fsp3) is 0.263. The SMILES string of the molecule is O=C1N[C@@]2(CCCc3ccccc32)C(=O)N1Cc1cccc([N+](=O)[O-])c1. The Morgan fingerprint density at radius 1 is 1.15 bits per heavy atom. The normalized spacial score (nSPS) is 21.6. The predicted octanol–water partition coefficient (Wildman–Crippen LogP) is 2.88. The number of nitro groups is 1. The number of carbonyl (C=O) groups is 2. The smallest absolute Gasteiger partial charge is 0.319 e. The second kappa shape index (κ2) is 5.94. The van der Waals surface area contributed by atoms with Gasteiger partial charge in [0.2, 0.25) is 0 Å². The third kappa shape index (κ3) is 2.44. The van der Waals surface area contributed by atoms with Crippen molar-refractivity contribution >= 4 is 17.6 Å². The first-order chi connectivity index (χ1) is 12.5. The van der Waals surface area contributed by atoms with Gasteiger partial charge in [-0.2, -0.15) is 0 Å². The van der Waals surface area contributed by atoms with Gasteiger partial charge in [0, 0.05) is 12.1 Å². The first-order valence-corrected chi connectivity index (χ1v) is 8.47. The molecule has 0 radical (unpaired) electrons. The summed E-state index contributed by atoms with van der Waals surface area (Å²) in [5, 5.41) is 13.8. The molecular formula is C19H17N3O4. The van der Waals surface area contributed by atoms with E-state index >= 15 is 0 Å². The first-order valence-electron chi connectivity index (χ1n) is 8.47. The van der Waals surface area contributed by atoms with Crippen LogP contribution in [0.1, 0.15) is 29.5 Å². The third-order valence-corrected chi connectivity index (χ3v) is 5.11. The third-order valence-electron chi connectivity index (χ3n) is 5.11. The number of non-ortho nitro benzene ring substituents is 1. The van der Waals surface area contributed by atoms with Gasteiger partial charge < -0.3 is 5.32 Å². The summed E-state index contributed by atoms with van der Waals surface area (Å²) in [5.41, 5.74) is 1.39. The molecule has 1 spiro atoms. The molecule has 1 aliphatic heterocycles. The Hall–Kier alpha value is -3.22. The Morgan fingerprint density at radius 2 is 1.96 bits per heavy atom. The summed E-state index contributed by atoms with van der Waals surface area (Å²) in [7, 11) is 0. The van der Waals surface area contributed by atoms with Crippen molar-refractivity contribution < 1.29 is 14.5 Å². The first kappa shape index (κ1) is 16.3. The minimum atomic E-state index is -1.02. The number of nitro benzene ring substituents is 1. The summed E-state index contributed by atoms with van der Waals surface area (Å²) in [5.74, 6) is -0.291. The molecule has 1 heterocycles. The van der Waals surface area contributed by atoms with Crippen molar-refractivity contribution in [3.8, 4) is 0 Å². The van der Waals surface area contributed by atoms with Crippen molar-refractivity contribution in [2.45, 2.75) is 31.3 Å². The standard InChI is InChI=1S/C19H17N3O4/c23-17-19(10-4-7-14-6-1-2-9-16(14)19)20-18(24)21(17)12-13-5-3-8-15(11-13)22(25)26/h1-3,5-6,8-9,11H,4,7,10,12H2,(H,20,24)/t19-/m1/s1. The molecule has 0 unspecified atom stereocenters. The topological polar surface area (TPSA) is 92.6 Å². The summed E-state index contributed by atoms with van der Waals surface area (Å²) in [4.78, 5) is 37.3. The van der Waals surface area contributed by atoms with E-state index in [0.29, 0.717) is 12.0 Å². The predicted molar refractivity (Wildman–Crippen MR) is 93.2 cm³/mol. The summed E-state index contributed by atoms with van der Waals surface area (Å²) in [6.45, 7) is 0.0102. The number of carbonyl (C=O) groups excluding carboxylic acids is 2. The maximum atomic E-state index is 13.2. The van der Waals surface area contributed by atoms with E-state index in [4.69, 9.17) is 0 Å². The number of rotatable bonds is 3. The Morgan fingerprint density at radius 3 is 2.77 bits per heavy atom. The Labute approximate surface area is 149 Å². The zero-order valence-electron chi connectivity index (χ0n) is 14.0. The van der Waals surface area contributed by atoms with Gasteiger partial charge in [-0.15, -0.1) is 0 Å². The number of benzene rings is 2. The molecular weight excluding hydrogens is 334 g/mol. The second-order valence-corrected chi connectivity index (χ2v) is 6.66. The number of imide groups is 1. The van der Waals surface area contributed by atoms with E-state index in [1.165, 1.54) is 12.1 Å². The Kier molecular flexibility index (Phi) is 3.72. The highest BCUT2D eigenvalue weighted by Gasteiger charge is 2.53. The van der Waals surface area contributed by atoms with Gasteiger partial charge in [0.25, 0.3) is 11.6 Å². The molecule has 4 rings (SSSR count). The lowest BCUT2D eigenvalue weighted by Crippen LogP contribution is -2.46. The van der Waals surface area contributed by atoms with E-state index in [9.17, 15) is 19.7 Å². The van der Waals surface area contributed by atoms with E-state index in [2.05, 4.69) is 5.32 Å². The molecule has 3 amide bonds. The maximum Gasteiger partial charge on any atom is 0.325 e. The highest BCUT2D eigenvalue weighted by molar-refractivity contribution is 6.07. The lowest BCUT2D eigenvalue weighted by atomic mass is 9.76. The van der Waals surface area contributed by atoms with Crippen LogP contribution in [0.2, 0.25) is 0 Å². The fourth-order valence-electron chi connectivity index (χ4n) is 3.91. The summed E-state index contributed by atoms with van der Waals surface area (Å²) in [6, 6.07) is 13.2. The van der Waals surface area contributed by atoms with E-state index in [0.717, 1.165) is 28.9 Å². The van der Waals surface area contributed by atoms with Gasteiger partial charge in [0.15, 0.2) is 0 Å². The van der Waals surface area contributed by atoms with Crippen molar-refractivity contribution in [1.82, 2.24) is 10.2 Å². The maximum absolute atomic E-state index is 13.2. The average Bonchev–Trinajstić information content (AvgIpc) is 2.87. The highest BCUT2D eigenvalue weighted by Crippen LogP contribution is 2.40. The highest BCUT2D eigenvalue weighted by atomic mass is 16.6. The van der Waals surface area contributed by atoms with Gasteiger partial charge in [-0.25, -0.2) is 4.79 Å². The van der Waals surface area contributed by atoms with Gasteiger partial charge in [0.1, 0.15) is 5.54 Å². The van der Waals surface area contributed by atoms with E-state index in [-0.39, 0.29) is 18.1 Å².